The topological polar surface area (TPSA) is 62.8 Å². The summed E-state index contributed by atoms with van der Waals surface area (Å²) in [4.78, 5) is 15.8. The Hall–Kier alpha value is -1.88. The molecule has 2 aromatic heterocycles. The number of aliphatic imine (C=N–C) groups is 1. The Morgan fingerprint density at radius 1 is 1.39 bits per heavy atom. The molecule has 0 aliphatic heterocycles. The van der Waals surface area contributed by atoms with E-state index in [0.717, 1.165) is 36.3 Å². The molecular formula is C13H11NO3S. The minimum atomic E-state index is -0.924. The largest absolute Gasteiger partial charge is 0.477 e. The maximum absolute atomic E-state index is 11.0. The molecule has 2 heterocycles. The van der Waals surface area contributed by atoms with Crippen molar-refractivity contribution in [1.29, 1.82) is 0 Å². The van der Waals surface area contributed by atoms with Gasteiger partial charge in [0.2, 0.25) is 0 Å². The molecule has 18 heavy (non-hydrogen) atoms. The van der Waals surface area contributed by atoms with Crippen LogP contribution in [-0.2, 0) is 6.42 Å². The Morgan fingerprint density at radius 3 is 3.11 bits per heavy atom. The van der Waals surface area contributed by atoms with Gasteiger partial charge in [-0.2, -0.15) is 0 Å². The summed E-state index contributed by atoms with van der Waals surface area (Å²) >= 11 is 1.20. The zero-order valence-corrected chi connectivity index (χ0v) is 10.4. The zero-order chi connectivity index (χ0) is 12.5. The molecule has 0 fully saturated rings. The summed E-state index contributed by atoms with van der Waals surface area (Å²) in [7, 11) is 0. The van der Waals surface area contributed by atoms with Gasteiger partial charge >= 0.3 is 5.97 Å². The molecular weight excluding hydrogens is 250 g/mol. The van der Waals surface area contributed by atoms with Gasteiger partial charge in [-0.15, -0.1) is 11.3 Å². The van der Waals surface area contributed by atoms with Crippen molar-refractivity contribution in [1.82, 2.24) is 0 Å². The first-order valence-corrected chi connectivity index (χ1v) is 6.59. The SMILES string of the molecule is O=C(O)c1sccc1N=C1CCCc2occc21. The fourth-order valence-corrected chi connectivity index (χ4v) is 2.82. The molecule has 0 spiro atoms. The number of carboxylic acid groups (broad SMARTS) is 1. The first kappa shape index (κ1) is 11.2. The zero-order valence-electron chi connectivity index (χ0n) is 9.55. The summed E-state index contributed by atoms with van der Waals surface area (Å²) in [6.07, 6.45) is 4.45. The van der Waals surface area contributed by atoms with Gasteiger partial charge in [0.05, 0.1) is 17.7 Å². The third-order valence-electron chi connectivity index (χ3n) is 2.97. The molecule has 0 saturated heterocycles. The second kappa shape index (κ2) is 4.42. The molecule has 0 amide bonds. The number of furan rings is 1. The van der Waals surface area contributed by atoms with Gasteiger partial charge in [0.25, 0.3) is 0 Å². The van der Waals surface area contributed by atoms with E-state index in [0.29, 0.717) is 5.69 Å². The molecule has 0 radical (unpaired) electrons. The number of carboxylic acids is 1. The molecule has 0 bridgehead atoms. The van der Waals surface area contributed by atoms with Crippen molar-refractivity contribution in [2.24, 2.45) is 4.99 Å². The van der Waals surface area contributed by atoms with E-state index in [9.17, 15) is 4.79 Å². The quantitative estimate of drug-likeness (QED) is 0.899. The molecule has 0 unspecified atom stereocenters. The summed E-state index contributed by atoms with van der Waals surface area (Å²) in [5.74, 6) is 0.0275. The van der Waals surface area contributed by atoms with Crippen molar-refractivity contribution >= 4 is 28.7 Å². The number of fused-ring (bicyclic) bond motifs is 1. The molecule has 1 N–H and O–H groups in total. The minimum absolute atomic E-state index is 0.290. The molecule has 5 heteroatoms. The molecule has 4 nitrogen and oxygen atoms in total. The van der Waals surface area contributed by atoms with Crippen molar-refractivity contribution in [3.8, 4) is 0 Å². The van der Waals surface area contributed by atoms with Crippen LogP contribution in [0.3, 0.4) is 0 Å². The predicted molar refractivity (Wildman–Crippen MR) is 69.1 cm³/mol. The normalized spacial score (nSPS) is 16.8. The number of carbonyl (C=O) groups is 1. The molecule has 1 aliphatic rings. The highest BCUT2D eigenvalue weighted by Gasteiger charge is 2.19. The maximum atomic E-state index is 11.0. The van der Waals surface area contributed by atoms with E-state index >= 15 is 0 Å². The van der Waals surface area contributed by atoms with Crippen LogP contribution in [0.25, 0.3) is 0 Å². The average Bonchev–Trinajstić information content (AvgIpc) is 2.96. The Labute approximate surface area is 108 Å². The first-order chi connectivity index (χ1) is 8.75. The molecule has 0 saturated carbocycles. The highest BCUT2D eigenvalue weighted by molar-refractivity contribution is 7.12. The van der Waals surface area contributed by atoms with Gasteiger partial charge in [-0.25, -0.2) is 4.79 Å². The summed E-state index contributed by atoms with van der Waals surface area (Å²) < 4.78 is 5.39. The van der Waals surface area contributed by atoms with E-state index in [1.807, 2.05) is 6.07 Å². The van der Waals surface area contributed by atoms with Crippen molar-refractivity contribution in [3.05, 3.63) is 40.0 Å². The smallest absolute Gasteiger partial charge is 0.348 e. The predicted octanol–water partition coefficient (Wildman–Crippen LogP) is 3.50. The van der Waals surface area contributed by atoms with E-state index in [4.69, 9.17) is 9.52 Å². The highest BCUT2D eigenvalue weighted by Crippen LogP contribution is 2.29. The number of aromatic carboxylic acids is 1. The van der Waals surface area contributed by atoms with Gasteiger partial charge < -0.3 is 9.52 Å². The Balaban J connectivity index is 2.04. The second-order valence-electron chi connectivity index (χ2n) is 4.11. The molecule has 3 rings (SSSR count). The van der Waals surface area contributed by atoms with Crippen LogP contribution in [0.5, 0.6) is 0 Å². The van der Waals surface area contributed by atoms with Crippen LogP contribution in [0.15, 0.2) is 33.2 Å². The Morgan fingerprint density at radius 2 is 2.28 bits per heavy atom. The Bertz CT molecular complexity index is 624. The van der Waals surface area contributed by atoms with Crippen LogP contribution >= 0.6 is 11.3 Å². The fourth-order valence-electron chi connectivity index (χ4n) is 2.15. The van der Waals surface area contributed by atoms with Crippen molar-refractivity contribution in [2.45, 2.75) is 19.3 Å². The number of rotatable bonds is 2. The Kier molecular flexibility index (Phi) is 2.76. The highest BCUT2D eigenvalue weighted by atomic mass is 32.1. The average molecular weight is 261 g/mol. The molecule has 0 atom stereocenters. The maximum Gasteiger partial charge on any atom is 0.348 e. The van der Waals surface area contributed by atoms with Crippen LogP contribution in [0, 0.1) is 0 Å². The van der Waals surface area contributed by atoms with Gasteiger partial charge in [-0.3, -0.25) is 4.99 Å². The third kappa shape index (κ3) is 1.86. The fraction of sp³-hybridized carbons (Fsp3) is 0.231. The van der Waals surface area contributed by atoms with E-state index in [2.05, 4.69) is 4.99 Å². The summed E-state index contributed by atoms with van der Waals surface area (Å²) in [6, 6.07) is 3.65. The molecule has 1 aliphatic carbocycles. The monoisotopic (exact) mass is 261 g/mol. The summed E-state index contributed by atoms with van der Waals surface area (Å²) in [5.41, 5.74) is 2.48. The van der Waals surface area contributed by atoms with Gasteiger partial charge in [0.1, 0.15) is 10.6 Å². The van der Waals surface area contributed by atoms with Crippen molar-refractivity contribution in [3.63, 3.8) is 0 Å². The van der Waals surface area contributed by atoms with E-state index in [1.165, 1.54) is 11.3 Å². The minimum Gasteiger partial charge on any atom is -0.477 e. The van der Waals surface area contributed by atoms with Gasteiger partial charge in [-0.1, -0.05) is 0 Å². The van der Waals surface area contributed by atoms with Crippen LogP contribution in [0.4, 0.5) is 5.69 Å². The lowest BCUT2D eigenvalue weighted by molar-refractivity contribution is 0.0703. The summed E-state index contributed by atoms with van der Waals surface area (Å²) in [6.45, 7) is 0. The number of aryl methyl sites for hydroxylation is 1. The van der Waals surface area contributed by atoms with Crippen LogP contribution in [0.1, 0.15) is 33.8 Å². The van der Waals surface area contributed by atoms with Gasteiger partial charge in [0.15, 0.2) is 0 Å². The van der Waals surface area contributed by atoms with Crippen LogP contribution in [-0.4, -0.2) is 16.8 Å². The molecule has 92 valence electrons. The molecule has 0 aromatic carbocycles. The van der Waals surface area contributed by atoms with Crippen LogP contribution in [0.2, 0.25) is 0 Å². The number of hydrogen-bond acceptors (Lipinski definition) is 4. The van der Waals surface area contributed by atoms with Crippen molar-refractivity contribution < 1.29 is 14.3 Å². The lowest BCUT2D eigenvalue weighted by atomic mass is 9.96. The van der Waals surface area contributed by atoms with E-state index in [1.54, 1.807) is 17.7 Å². The molecule has 2 aromatic rings. The lowest BCUT2D eigenvalue weighted by Crippen LogP contribution is -2.09. The van der Waals surface area contributed by atoms with E-state index in [-0.39, 0.29) is 4.88 Å². The number of hydrogen-bond donors (Lipinski definition) is 1. The van der Waals surface area contributed by atoms with Gasteiger partial charge in [0, 0.05) is 12.0 Å². The van der Waals surface area contributed by atoms with Crippen LogP contribution < -0.4 is 0 Å². The lowest BCUT2D eigenvalue weighted by Gasteiger charge is -2.12. The van der Waals surface area contributed by atoms with E-state index < -0.39 is 5.97 Å². The summed E-state index contributed by atoms with van der Waals surface area (Å²) in [5, 5.41) is 10.8. The van der Waals surface area contributed by atoms with Gasteiger partial charge in [-0.05, 0) is 30.4 Å². The first-order valence-electron chi connectivity index (χ1n) is 5.71. The standard InChI is InChI=1S/C13H11NO3S/c15-13(16)12-10(5-7-18-12)14-9-2-1-3-11-8(9)4-6-17-11/h4-7H,1-3H2,(H,15,16). The van der Waals surface area contributed by atoms with Crippen molar-refractivity contribution in [2.75, 3.05) is 0 Å². The second-order valence-corrected chi connectivity index (χ2v) is 5.03. The third-order valence-corrected chi connectivity index (χ3v) is 3.86. The number of thiophene rings is 1. The number of nitrogens with zero attached hydrogens (tertiary/aromatic N) is 1.